The quantitative estimate of drug-likeness (QED) is 0.930. The number of benzene rings is 1. The molecule has 1 saturated heterocycles. The molecule has 0 unspecified atom stereocenters. The average Bonchev–Trinajstić information content (AvgIpc) is 2.47. The summed E-state index contributed by atoms with van der Waals surface area (Å²) >= 11 is 0. The molecule has 120 valence electrons. The van der Waals surface area contributed by atoms with Gasteiger partial charge in [0.1, 0.15) is 5.82 Å². The predicted octanol–water partition coefficient (Wildman–Crippen LogP) is 2.82. The summed E-state index contributed by atoms with van der Waals surface area (Å²) in [5.74, 6) is -1.15. The molecule has 22 heavy (non-hydrogen) atoms. The minimum atomic E-state index is -0.926. The molecule has 1 aliphatic heterocycles. The molecular formula is C17H22FNO3. The molecule has 1 N–H and O–H groups in total. The summed E-state index contributed by atoms with van der Waals surface area (Å²) in [7, 11) is 0. The Labute approximate surface area is 129 Å². The van der Waals surface area contributed by atoms with E-state index in [-0.39, 0.29) is 24.1 Å². The zero-order valence-electron chi connectivity index (χ0n) is 13.0. The maximum atomic E-state index is 14.0. The summed E-state index contributed by atoms with van der Waals surface area (Å²) < 4.78 is 14.0. The lowest BCUT2D eigenvalue weighted by molar-refractivity contribution is -0.139. The number of carboxylic acids is 1. The van der Waals surface area contributed by atoms with E-state index in [9.17, 15) is 14.0 Å². The van der Waals surface area contributed by atoms with Gasteiger partial charge in [-0.1, -0.05) is 18.2 Å². The topological polar surface area (TPSA) is 57.6 Å². The normalized spacial score (nSPS) is 16.6. The summed E-state index contributed by atoms with van der Waals surface area (Å²) in [5.41, 5.74) is -0.530. The number of rotatable bonds is 4. The van der Waals surface area contributed by atoms with Crippen LogP contribution in [0, 0.1) is 11.7 Å². The Kier molecular flexibility index (Phi) is 4.84. The highest BCUT2D eigenvalue weighted by molar-refractivity contribution is 5.87. The number of piperidine rings is 1. The van der Waals surface area contributed by atoms with Crippen LogP contribution in [-0.2, 0) is 15.0 Å². The van der Waals surface area contributed by atoms with Crippen molar-refractivity contribution in [3.05, 3.63) is 35.6 Å². The van der Waals surface area contributed by atoms with Crippen molar-refractivity contribution in [1.82, 2.24) is 4.90 Å². The van der Waals surface area contributed by atoms with Crippen LogP contribution in [0.25, 0.3) is 0 Å². The standard InChI is InChI=1S/C17H22FNO3/c1-17(2,13-5-3-4-6-14(13)18)16(22)19-9-7-12(8-10-19)11-15(20)21/h3-6,12H,7-11H2,1-2H3,(H,20,21). The lowest BCUT2D eigenvalue weighted by Gasteiger charge is -2.37. The van der Waals surface area contributed by atoms with Gasteiger partial charge in [-0.15, -0.1) is 0 Å². The number of likely N-dealkylation sites (tertiary alicyclic amines) is 1. The van der Waals surface area contributed by atoms with Gasteiger partial charge in [-0.2, -0.15) is 0 Å². The molecule has 0 aromatic heterocycles. The fourth-order valence-electron chi connectivity index (χ4n) is 3.07. The van der Waals surface area contributed by atoms with E-state index in [2.05, 4.69) is 0 Å². The molecule has 0 spiro atoms. The van der Waals surface area contributed by atoms with E-state index in [0.717, 1.165) is 0 Å². The van der Waals surface area contributed by atoms with Crippen molar-refractivity contribution in [3.8, 4) is 0 Å². The summed E-state index contributed by atoms with van der Waals surface area (Å²) in [6.07, 6.45) is 1.52. The van der Waals surface area contributed by atoms with Gasteiger partial charge in [-0.05, 0) is 38.7 Å². The van der Waals surface area contributed by atoms with E-state index >= 15 is 0 Å². The smallest absolute Gasteiger partial charge is 0.303 e. The summed E-state index contributed by atoms with van der Waals surface area (Å²) in [6, 6.07) is 6.34. The summed E-state index contributed by atoms with van der Waals surface area (Å²) in [5, 5.41) is 8.83. The number of halogens is 1. The Bertz CT molecular complexity index is 563. The average molecular weight is 307 g/mol. The molecular weight excluding hydrogens is 285 g/mol. The number of carbonyl (C=O) groups is 2. The molecule has 1 fully saturated rings. The van der Waals surface area contributed by atoms with Crippen molar-refractivity contribution in [2.45, 2.75) is 38.5 Å². The molecule has 1 heterocycles. The lowest BCUT2D eigenvalue weighted by atomic mass is 9.81. The fourth-order valence-corrected chi connectivity index (χ4v) is 3.07. The lowest BCUT2D eigenvalue weighted by Crippen LogP contribution is -2.47. The van der Waals surface area contributed by atoms with Crippen LogP contribution in [0.2, 0.25) is 0 Å². The molecule has 1 aromatic rings. The number of carbonyl (C=O) groups excluding carboxylic acids is 1. The van der Waals surface area contributed by atoms with E-state index < -0.39 is 11.4 Å². The van der Waals surface area contributed by atoms with Crippen LogP contribution in [0.3, 0.4) is 0 Å². The second kappa shape index (κ2) is 6.46. The van der Waals surface area contributed by atoms with Crippen LogP contribution in [0.4, 0.5) is 4.39 Å². The van der Waals surface area contributed by atoms with E-state index in [1.54, 1.807) is 36.9 Å². The number of amides is 1. The maximum Gasteiger partial charge on any atom is 0.303 e. The highest BCUT2D eigenvalue weighted by Gasteiger charge is 2.37. The molecule has 5 heteroatoms. The van der Waals surface area contributed by atoms with Gasteiger partial charge >= 0.3 is 5.97 Å². The molecule has 2 rings (SSSR count). The minimum Gasteiger partial charge on any atom is -0.481 e. The van der Waals surface area contributed by atoms with Gasteiger partial charge in [-0.25, -0.2) is 4.39 Å². The second-order valence-corrected chi connectivity index (χ2v) is 6.44. The van der Waals surface area contributed by atoms with E-state index in [4.69, 9.17) is 5.11 Å². The third-order valence-electron chi connectivity index (χ3n) is 4.45. The minimum absolute atomic E-state index is 0.105. The molecule has 1 aliphatic rings. The SMILES string of the molecule is CC(C)(C(=O)N1CCC(CC(=O)O)CC1)c1ccccc1F. The van der Waals surface area contributed by atoms with Crippen LogP contribution >= 0.6 is 0 Å². The molecule has 0 bridgehead atoms. The maximum absolute atomic E-state index is 14.0. The third kappa shape index (κ3) is 3.46. The fraction of sp³-hybridized carbons (Fsp3) is 0.529. The molecule has 0 saturated carbocycles. The Morgan fingerprint density at radius 2 is 1.86 bits per heavy atom. The molecule has 1 amide bonds. The number of nitrogens with zero attached hydrogens (tertiary/aromatic N) is 1. The first-order chi connectivity index (χ1) is 10.3. The highest BCUT2D eigenvalue weighted by Crippen LogP contribution is 2.30. The number of aliphatic carboxylic acids is 1. The van der Waals surface area contributed by atoms with Crippen molar-refractivity contribution in [3.63, 3.8) is 0 Å². The third-order valence-corrected chi connectivity index (χ3v) is 4.45. The predicted molar refractivity (Wildman–Crippen MR) is 81.0 cm³/mol. The summed E-state index contributed by atoms with van der Waals surface area (Å²) in [6.45, 7) is 4.54. The number of carboxylic acid groups (broad SMARTS) is 1. The molecule has 1 aromatic carbocycles. The molecule has 0 aliphatic carbocycles. The summed E-state index contributed by atoms with van der Waals surface area (Å²) in [4.78, 5) is 25.2. The van der Waals surface area contributed by atoms with Gasteiger partial charge in [0.2, 0.25) is 5.91 Å². The Morgan fingerprint density at radius 1 is 1.27 bits per heavy atom. The van der Waals surface area contributed by atoms with Gasteiger partial charge in [0.25, 0.3) is 0 Å². The molecule has 0 atom stereocenters. The van der Waals surface area contributed by atoms with Gasteiger partial charge in [-0.3, -0.25) is 9.59 Å². The zero-order valence-corrected chi connectivity index (χ0v) is 13.0. The second-order valence-electron chi connectivity index (χ2n) is 6.44. The number of hydrogen-bond acceptors (Lipinski definition) is 2. The van der Waals surface area contributed by atoms with Crippen LogP contribution in [-0.4, -0.2) is 35.0 Å². The molecule has 4 nitrogen and oxygen atoms in total. The highest BCUT2D eigenvalue weighted by atomic mass is 19.1. The van der Waals surface area contributed by atoms with Gasteiger partial charge in [0, 0.05) is 25.1 Å². The van der Waals surface area contributed by atoms with Gasteiger partial charge < -0.3 is 10.0 Å². The van der Waals surface area contributed by atoms with Crippen LogP contribution in [0.5, 0.6) is 0 Å². The Morgan fingerprint density at radius 3 is 2.41 bits per heavy atom. The van der Waals surface area contributed by atoms with E-state index in [0.29, 0.717) is 31.5 Å². The van der Waals surface area contributed by atoms with Crippen molar-refractivity contribution < 1.29 is 19.1 Å². The van der Waals surface area contributed by atoms with Crippen LogP contribution in [0.15, 0.2) is 24.3 Å². The van der Waals surface area contributed by atoms with Crippen molar-refractivity contribution in [2.75, 3.05) is 13.1 Å². The number of hydrogen-bond donors (Lipinski definition) is 1. The first-order valence-electron chi connectivity index (χ1n) is 7.58. The largest absolute Gasteiger partial charge is 0.481 e. The van der Waals surface area contributed by atoms with Crippen molar-refractivity contribution in [1.29, 1.82) is 0 Å². The van der Waals surface area contributed by atoms with E-state index in [1.165, 1.54) is 6.07 Å². The van der Waals surface area contributed by atoms with Crippen LogP contribution < -0.4 is 0 Å². The first-order valence-corrected chi connectivity index (χ1v) is 7.58. The van der Waals surface area contributed by atoms with Crippen molar-refractivity contribution in [2.24, 2.45) is 5.92 Å². The Hall–Kier alpha value is -1.91. The van der Waals surface area contributed by atoms with Gasteiger partial charge in [0.15, 0.2) is 0 Å². The zero-order chi connectivity index (χ0) is 16.3. The monoisotopic (exact) mass is 307 g/mol. The van der Waals surface area contributed by atoms with Crippen molar-refractivity contribution >= 4 is 11.9 Å². The first kappa shape index (κ1) is 16.5. The Balaban J connectivity index is 2.06. The van der Waals surface area contributed by atoms with E-state index in [1.807, 2.05) is 0 Å². The van der Waals surface area contributed by atoms with Crippen LogP contribution in [0.1, 0.15) is 38.7 Å². The van der Waals surface area contributed by atoms with Gasteiger partial charge in [0.05, 0.1) is 5.41 Å². The molecule has 0 radical (unpaired) electrons.